The standard InChI is InChI=1S/C36H45N5O10.Gd.2Na/c1-3-22(2)33(36(50)51)39(12-14-40(20-31(42)43)29(34(46)47)16-23-18-37-27-10-6-4-8-25(23)27)13-15-41(21-32(44)45)30(35(48)49)17-24-19-38-28-11-7-5-9-26(24)28;;;/h4-11,18-19,22,29-30,33,37-38H,3,12-17,20-21H2,1-2H3,(H,42,43)(H,44,45)(H,46,47)(H,48,49)(H,50,51);;;/q;+3;2*+1/p-5. The SMILES string of the molecule is CCC(C)C(C(=O)[O-])N(CCN(CC(=O)[O-])C(Cc1c[nH]c2ccccc12)C(=O)[O-])CCN(CC(=O)[O-])C(Cc1c[nH]c2ccccc12)C(=O)[O-].[Gd+3].[Na+].[Na+]. The van der Waals surface area contributed by atoms with Gasteiger partial charge in [-0.15, -0.1) is 0 Å². The smallest absolute Gasteiger partial charge is 0.549 e. The number of hydrogen-bond acceptors (Lipinski definition) is 13. The Balaban J connectivity index is 0.00000486. The molecule has 0 aliphatic rings. The maximum absolute atomic E-state index is 12.5. The van der Waals surface area contributed by atoms with Gasteiger partial charge in [0.25, 0.3) is 0 Å². The zero-order valence-electron chi connectivity index (χ0n) is 30.7. The molecule has 0 aliphatic heterocycles. The number of aromatic amines is 2. The van der Waals surface area contributed by atoms with Crippen LogP contribution in [0.25, 0.3) is 21.8 Å². The third kappa shape index (κ3) is 13.6. The van der Waals surface area contributed by atoms with Crippen LogP contribution in [0.5, 0.6) is 0 Å². The summed E-state index contributed by atoms with van der Waals surface area (Å²) in [6.45, 7) is 0.781. The van der Waals surface area contributed by atoms with Crippen molar-refractivity contribution in [3.8, 4) is 0 Å². The number of carbonyl (C=O) groups excluding carboxylic acids is 5. The average molecular weight is 906 g/mol. The van der Waals surface area contributed by atoms with E-state index in [-0.39, 0.29) is 138 Å². The minimum Gasteiger partial charge on any atom is -0.549 e. The zero-order chi connectivity index (χ0) is 37.2. The second-order valence-electron chi connectivity index (χ2n) is 12.7. The van der Waals surface area contributed by atoms with Crippen LogP contribution in [0.3, 0.4) is 0 Å². The van der Waals surface area contributed by atoms with Crippen molar-refractivity contribution >= 4 is 51.7 Å². The molecular formula is C36H40GdN5Na2O10. The molecule has 2 aromatic carbocycles. The number of carboxylic acid groups (broad SMARTS) is 5. The molecule has 2 heterocycles. The molecule has 4 aromatic rings. The molecule has 279 valence electrons. The molecular weight excluding hydrogens is 866 g/mol. The maximum atomic E-state index is 12.5. The Morgan fingerprint density at radius 2 is 0.981 bits per heavy atom. The number of carbonyl (C=O) groups is 5. The monoisotopic (exact) mass is 906 g/mol. The fourth-order valence-electron chi connectivity index (χ4n) is 6.63. The number of rotatable bonds is 22. The summed E-state index contributed by atoms with van der Waals surface area (Å²) < 4.78 is 0. The number of benzene rings is 2. The van der Waals surface area contributed by atoms with Crippen molar-refractivity contribution in [1.29, 1.82) is 0 Å². The van der Waals surface area contributed by atoms with Crippen molar-refractivity contribution < 1.29 is 149 Å². The van der Waals surface area contributed by atoms with Crippen LogP contribution in [0.1, 0.15) is 31.4 Å². The van der Waals surface area contributed by atoms with Crippen LogP contribution in [0.2, 0.25) is 0 Å². The third-order valence-corrected chi connectivity index (χ3v) is 9.43. The molecule has 1 radical (unpaired) electrons. The minimum absolute atomic E-state index is 0. The van der Waals surface area contributed by atoms with Gasteiger partial charge in [-0.2, -0.15) is 0 Å². The molecule has 0 aliphatic carbocycles. The molecule has 2 N–H and O–H groups in total. The Morgan fingerprint density at radius 1 is 0.611 bits per heavy atom. The van der Waals surface area contributed by atoms with Crippen LogP contribution in [0, 0.1) is 45.9 Å². The first-order chi connectivity index (χ1) is 24.3. The first-order valence-electron chi connectivity index (χ1n) is 16.6. The molecule has 18 heteroatoms. The van der Waals surface area contributed by atoms with Gasteiger partial charge in [-0.05, 0) is 42.0 Å². The quantitative estimate of drug-likeness (QED) is 0.0698. The summed E-state index contributed by atoms with van der Waals surface area (Å²) in [4.78, 5) is 70.9. The van der Waals surface area contributed by atoms with Gasteiger partial charge in [0, 0.05) is 73.5 Å². The number of H-pyrrole nitrogens is 2. The van der Waals surface area contributed by atoms with Crippen LogP contribution in [-0.2, 0) is 36.8 Å². The zero-order valence-corrected chi connectivity index (χ0v) is 37.0. The van der Waals surface area contributed by atoms with Crippen LogP contribution in [0.4, 0.5) is 0 Å². The average Bonchev–Trinajstić information content (AvgIpc) is 3.69. The number of para-hydroxylation sites is 2. The largest absolute Gasteiger partial charge is 3.00 e. The first kappa shape index (κ1) is 50.1. The number of nitrogens with zero attached hydrogens (tertiary/aromatic N) is 3. The van der Waals surface area contributed by atoms with Crippen molar-refractivity contribution in [2.24, 2.45) is 5.92 Å². The Kier molecular flexibility index (Phi) is 22.2. The Hall–Kier alpha value is -1.93. The van der Waals surface area contributed by atoms with Crippen LogP contribution in [-0.4, -0.2) is 112 Å². The fourth-order valence-corrected chi connectivity index (χ4v) is 6.63. The number of nitrogens with one attached hydrogen (secondary N) is 2. The summed E-state index contributed by atoms with van der Waals surface area (Å²) in [7, 11) is 0. The van der Waals surface area contributed by atoms with Crippen molar-refractivity contribution in [2.45, 2.75) is 51.2 Å². The molecule has 4 unspecified atom stereocenters. The van der Waals surface area contributed by atoms with Crippen molar-refractivity contribution in [3.63, 3.8) is 0 Å². The van der Waals surface area contributed by atoms with Gasteiger partial charge >= 0.3 is 99.1 Å². The fraction of sp³-hybridized carbons (Fsp3) is 0.417. The van der Waals surface area contributed by atoms with Crippen molar-refractivity contribution in [3.05, 3.63) is 72.1 Å². The summed E-state index contributed by atoms with van der Waals surface area (Å²) >= 11 is 0. The van der Waals surface area contributed by atoms with Crippen LogP contribution >= 0.6 is 0 Å². The van der Waals surface area contributed by atoms with E-state index in [2.05, 4.69) is 9.97 Å². The summed E-state index contributed by atoms with van der Waals surface area (Å²) in [6, 6.07) is 10.1. The van der Waals surface area contributed by atoms with Crippen LogP contribution < -0.4 is 84.6 Å². The molecule has 2 aromatic heterocycles. The number of carboxylic acids is 5. The molecule has 0 saturated carbocycles. The topological polar surface area (TPSA) is 242 Å². The number of aliphatic carboxylic acids is 5. The molecule has 15 nitrogen and oxygen atoms in total. The molecule has 0 amide bonds. The molecule has 0 bridgehead atoms. The second kappa shape index (κ2) is 24.0. The molecule has 4 atom stereocenters. The Morgan fingerprint density at radius 3 is 1.31 bits per heavy atom. The molecule has 0 saturated heterocycles. The van der Waals surface area contributed by atoms with E-state index in [9.17, 15) is 49.5 Å². The van der Waals surface area contributed by atoms with E-state index in [0.717, 1.165) is 31.6 Å². The maximum Gasteiger partial charge on any atom is 3.00 e. The Bertz CT molecular complexity index is 1740. The molecule has 4 rings (SSSR count). The summed E-state index contributed by atoms with van der Waals surface area (Å²) in [5.41, 5.74) is 2.67. The van der Waals surface area contributed by atoms with Gasteiger partial charge in [-0.1, -0.05) is 56.7 Å². The van der Waals surface area contributed by atoms with Gasteiger partial charge in [-0.25, -0.2) is 0 Å². The van der Waals surface area contributed by atoms with Gasteiger partial charge < -0.3 is 59.5 Å². The first-order valence-corrected chi connectivity index (χ1v) is 16.6. The van der Waals surface area contributed by atoms with Crippen molar-refractivity contribution in [2.75, 3.05) is 39.3 Å². The van der Waals surface area contributed by atoms with E-state index in [1.807, 2.05) is 0 Å². The number of fused-ring (bicyclic) bond motifs is 2. The second-order valence-corrected chi connectivity index (χ2v) is 12.7. The third-order valence-electron chi connectivity index (χ3n) is 9.43. The van der Waals surface area contributed by atoms with Gasteiger partial charge in [0.15, 0.2) is 0 Å². The van der Waals surface area contributed by atoms with E-state index in [1.54, 1.807) is 74.8 Å². The van der Waals surface area contributed by atoms with Crippen LogP contribution in [0.15, 0.2) is 60.9 Å². The molecule has 0 spiro atoms. The summed E-state index contributed by atoms with van der Waals surface area (Å²) in [5.74, 6) is -8.24. The number of hydrogen-bond donors (Lipinski definition) is 2. The number of aromatic nitrogens is 2. The van der Waals surface area contributed by atoms with Gasteiger partial charge in [0.1, 0.15) is 0 Å². The summed E-state index contributed by atoms with van der Waals surface area (Å²) in [5, 5.41) is 62.6. The van der Waals surface area contributed by atoms with Crippen molar-refractivity contribution in [1.82, 2.24) is 24.7 Å². The van der Waals surface area contributed by atoms with E-state index in [0.29, 0.717) is 17.5 Å². The van der Waals surface area contributed by atoms with E-state index in [4.69, 9.17) is 0 Å². The van der Waals surface area contributed by atoms with Gasteiger partial charge in [0.05, 0.1) is 48.0 Å². The van der Waals surface area contributed by atoms with E-state index < -0.39 is 67.0 Å². The van der Waals surface area contributed by atoms with Gasteiger partial charge in [-0.3, -0.25) is 14.7 Å². The predicted molar refractivity (Wildman–Crippen MR) is 175 cm³/mol. The normalized spacial score (nSPS) is 13.4. The van der Waals surface area contributed by atoms with E-state index >= 15 is 0 Å². The summed E-state index contributed by atoms with van der Waals surface area (Å²) in [6.07, 6.45) is 3.33. The van der Waals surface area contributed by atoms with Gasteiger partial charge in [0.2, 0.25) is 0 Å². The molecule has 0 fully saturated rings. The Labute approximate surface area is 389 Å². The van der Waals surface area contributed by atoms with E-state index in [1.165, 1.54) is 4.90 Å². The predicted octanol–water partition coefficient (Wildman–Crippen LogP) is -9.75. The molecule has 54 heavy (non-hydrogen) atoms. The minimum atomic E-state index is -1.57.